The highest BCUT2D eigenvalue weighted by Crippen LogP contribution is 2.25. The number of hydrogen-bond acceptors (Lipinski definition) is 2. The molecule has 2 heteroatoms. The summed E-state index contributed by atoms with van der Waals surface area (Å²) in [7, 11) is 1.72. The quantitative estimate of drug-likeness (QED) is 0.805. The molecular formula is C13H21NO. The second-order valence-corrected chi connectivity index (χ2v) is 3.77. The summed E-state index contributed by atoms with van der Waals surface area (Å²) in [4.78, 5) is 0. The number of ether oxygens (including phenoxy) is 1. The SMILES string of the molecule is CCc1cc(C(CC)CN)ccc1OC. The van der Waals surface area contributed by atoms with Crippen molar-refractivity contribution in [2.45, 2.75) is 32.6 Å². The topological polar surface area (TPSA) is 35.2 Å². The average molecular weight is 207 g/mol. The van der Waals surface area contributed by atoms with E-state index in [2.05, 4.69) is 26.0 Å². The Morgan fingerprint density at radius 1 is 1.33 bits per heavy atom. The molecule has 1 aromatic carbocycles. The van der Waals surface area contributed by atoms with Crippen LogP contribution >= 0.6 is 0 Å². The van der Waals surface area contributed by atoms with Gasteiger partial charge >= 0.3 is 0 Å². The summed E-state index contributed by atoms with van der Waals surface area (Å²) in [5, 5.41) is 0. The van der Waals surface area contributed by atoms with Gasteiger partial charge in [-0.05, 0) is 42.5 Å². The molecule has 0 aromatic heterocycles. The molecule has 1 unspecified atom stereocenters. The molecule has 1 aromatic rings. The van der Waals surface area contributed by atoms with E-state index in [0.29, 0.717) is 12.5 Å². The first-order chi connectivity index (χ1) is 7.26. The zero-order valence-corrected chi connectivity index (χ0v) is 9.92. The van der Waals surface area contributed by atoms with Gasteiger partial charge in [-0.25, -0.2) is 0 Å². The van der Waals surface area contributed by atoms with Crippen LogP contribution in [-0.4, -0.2) is 13.7 Å². The van der Waals surface area contributed by atoms with Gasteiger partial charge in [-0.1, -0.05) is 26.0 Å². The molecule has 0 saturated carbocycles. The second-order valence-electron chi connectivity index (χ2n) is 3.77. The van der Waals surface area contributed by atoms with Crippen molar-refractivity contribution in [1.29, 1.82) is 0 Å². The van der Waals surface area contributed by atoms with E-state index in [-0.39, 0.29) is 0 Å². The van der Waals surface area contributed by atoms with Crippen LogP contribution in [0.15, 0.2) is 18.2 Å². The fraction of sp³-hybridized carbons (Fsp3) is 0.538. The van der Waals surface area contributed by atoms with Gasteiger partial charge < -0.3 is 10.5 Å². The molecule has 0 bridgehead atoms. The molecule has 1 rings (SSSR count). The van der Waals surface area contributed by atoms with Gasteiger partial charge in [-0.15, -0.1) is 0 Å². The molecule has 2 N–H and O–H groups in total. The molecule has 0 aliphatic carbocycles. The Morgan fingerprint density at radius 3 is 2.53 bits per heavy atom. The fourth-order valence-electron chi connectivity index (χ4n) is 1.87. The summed E-state index contributed by atoms with van der Waals surface area (Å²) >= 11 is 0. The lowest BCUT2D eigenvalue weighted by Gasteiger charge is -2.15. The molecule has 0 saturated heterocycles. The molecule has 0 fully saturated rings. The molecule has 0 aliphatic heterocycles. The van der Waals surface area contributed by atoms with Crippen LogP contribution in [0.3, 0.4) is 0 Å². The minimum absolute atomic E-state index is 0.473. The van der Waals surface area contributed by atoms with Gasteiger partial charge in [0, 0.05) is 0 Å². The van der Waals surface area contributed by atoms with E-state index < -0.39 is 0 Å². The summed E-state index contributed by atoms with van der Waals surface area (Å²) in [5.41, 5.74) is 8.34. The van der Waals surface area contributed by atoms with E-state index in [0.717, 1.165) is 18.6 Å². The molecule has 0 radical (unpaired) electrons. The first-order valence-electron chi connectivity index (χ1n) is 5.63. The number of benzene rings is 1. The first kappa shape index (κ1) is 12.1. The lowest BCUT2D eigenvalue weighted by atomic mass is 9.94. The zero-order valence-electron chi connectivity index (χ0n) is 9.92. The predicted molar refractivity (Wildman–Crippen MR) is 64.5 cm³/mol. The van der Waals surface area contributed by atoms with Crippen LogP contribution < -0.4 is 10.5 Å². The maximum Gasteiger partial charge on any atom is 0.122 e. The third kappa shape index (κ3) is 2.72. The Hall–Kier alpha value is -1.02. The maximum atomic E-state index is 5.75. The third-order valence-corrected chi connectivity index (χ3v) is 2.93. The first-order valence-corrected chi connectivity index (χ1v) is 5.63. The van der Waals surface area contributed by atoms with Crippen molar-refractivity contribution in [3.63, 3.8) is 0 Å². The predicted octanol–water partition coefficient (Wildman–Crippen LogP) is 2.71. The van der Waals surface area contributed by atoms with E-state index in [1.54, 1.807) is 7.11 Å². The highest BCUT2D eigenvalue weighted by atomic mass is 16.5. The standard InChI is InChI=1S/C13H21NO/c1-4-10-8-12(11(5-2)9-14)6-7-13(10)15-3/h6-8,11H,4-5,9,14H2,1-3H3. The van der Waals surface area contributed by atoms with Gasteiger partial charge in [0.1, 0.15) is 5.75 Å². The van der Waals surface area contributed by atoms with Crippen molar-refractivity contribution in [2.75, 3.05) is 13.7 Å². The monoisotopic (exact) mass is 207 g/mol. The molecule has 84 valence electrons. The lowest BCUT2D eigenvalue weighted by Crippen LogP contribution is -2.11. The van der Waals surface area contributed by atoms with Crippen molar-refractivity contribution in [2.24, 2.45) is 5.73 Å². The summed E-state index contributed by atoms with van der Waals surface area (Å²) < 4.78 is 5.31. The minimum atomic E-state index is 0.473. The van der Waals surface area contributed by atoms with Crippen molar-refractivity contribution in [1.82, 2.24) is 0 Å². The van der Waals surface area contributed by atoms with Crippen LogP contribution in [0.25, 0.3) is 0 Å². The summed E-state index contributed by atoms with van der Waals surface area (Å²) in [6.07, 6.45) is 2.09. The number of nitrogens with two attached hydrogens (primary N) is 1. The van der Waals surface area contributed by atoms with E-state index in [4.69, 9.17) is 10.5 Å². The summed E-state index contributed by atoms with van der Waals surface area (Å²) in [6.45, 7) is 5.03. The number of aryl methyl sites for hydroxylation is 1. The zero-order chi connectivity index (χ0) is 11.3. The van der Waals surface area contributed by atoms with Crippen LogP contribution in [0, 0.1) is 0 Å². The molecule has 0 aliphatic rings. The van der Waals surface area contributed by atoms with E-state index in [9.17, 15) is 0 Å². The Balaban J connectivity index is 3.01. The lowest BCUT2D eigenvalue weighted by molar-refractivity contribution is 0.409. The largest absolute Gasteiger partial charge is 0.496 e. The van der Waals surface area contributed by atoms with Crippen molar-refractivity contribution < 1.29 is 4.74 Å². The summed E-state index contributed by atoms with van der Waals surface area (Å²) in [5.74, 6) is 1.45. The number of hydrogen-bond donors (Lipinski definition) is 1. The molecular weight excluding hydrogens is 186 g/mol. The van der Waals surface area contributed by atoms with Gasteiger partial charge in [-0.2, -0.15) is 0 Å². The molecule has 15 heavy (non-hydrogen) atoms. The second kappa shape index (κ2) is 5.76. The summed E-state index contributed by atoms with van der Waals surface area (Å²) in [6, 6.07) is 6.39. The van der Waals surface area contributed by atoms with Crippen LogP contribution in [0.1, 0.15) is 37.3 Å². The van der Waals surface area contributed by atoms with E-state index >= 15 is 0 Å². The van der Waals surface area contributed by atoms with Crippen LogP contribution in [0.2, 0.25) is 0 Å². The minimum Gasteiger partial charge on any atom is -0.496 e. The van der Waals surface area contributed by atoms with Gasteiger partial charge in [0.15, 0.2) is 0 Å². The van der Waals surface area contributed by atoms with E-state index in [1.807, 2.05) is 6.07 Å². The third-order valence-electron chi connectivity index (χ3n) is 2.93. The molecule has 1 atom stereocenters. The number of rotatable bonds is 5. The van der Waals surface area contributed by atoms with Gasteiger partial charge in [0.2, 0.25) is 0 Å². The maximum absolute atomic E-state index is 5.75. The van der Waals surface area contributed by atoms with Crippen LogP contribution in [-0.2, 0) is 6.42 Å². The molecule has 0 spiro atoms. The van der Waals surface area contributed by atoms with Gasteiger partial charge in [0.05, 0.1) is 7.11 Å². The van der Waals surface area contributed by atoms with Gasteiger partial charge in [-0.3, -0.25) is 0 Å². The average Bonchev–Trinajstić information content (AvgIpc) is 2.30. The Bertz CT molecular complexity index is 305. The molecule has 2 nitrogen and oxygen atoms in total. The smallest absolute Gasteiger partial charge is 0.122 e. The van der Waals surface area contributed by atoms with Crippen LogP contribution in [0.4, 0.5) is 0 Å². The molecule has 0 amide bonds. The van der Waals surface area contributed by atoms with Crippen molar-refractivity contribution in [3.05, 3.63) is 29.3 Å². The Kier molecular flexibility index (Phi) is 4.63. The van der Waals surface area contributed by atoms with Gasteiger partial charge in [0.25, 0.3) is 0 Å². The fourth-order valence-corrected chi connectivity index (χ4v) is 1.87. The van der Waals surface area contributed by atoms with Crippen LogP contribution in [0.5, 0.6) is 5.75 Å². The van der Waals surface area contributed by atoms with E-state index in [1.165, 1.54) is 11.1 Å². The highest BCUT2D eigenvalue weighted by molar-refractivity contribution is 5.38. The Labute approximate surface area is 92.4 Å². The number of methoxy groups -OCH3 is 1. The Morgan fingerprint density at radius 2 is 2.07 bits per heavy atom. The highest BCUT2D eigenvalue weighted by Gasteiger charge is 2.09. The van der Waals surface area contributed by atoms with Crippen molar-refractivity contribution in [3.8, 4) is 5.75 Å². The normalized spacial score (nSPS) is 12.5. The molecule has 0 heterocycles. The van der Waals surface area contributed by atoms with Crippen molar-refractivity contribution >= 4 is 0 Å².